The first-order valence-corrected chi connectivity index (χ1v) is 6.57. The molecule has 1 aromatic carbocycles. The molecule has 3 heteroatoms. The molecule has 0 aliphatic rings. The van der Waals surface area contributed by atoms with Gasteiger partial charge >= 0.3 is 0 Å². The van der Waals surface area contributed by atoms with Gasteiger partial charge in [0.2, 0.25) is 0 Å². The van der Waals surface area contributed by atoms with Crippen molar-refractivity contribution in [2.45, 2.75) is 19.4 Å². The molecule has 84 valence electrons. The number of benzene rings is 1. The zero-order valence-electron chi connectivity index (χ0n) is 9.11. The molecule has 2 N–H and O–H groups in total. The highest BCUT2D eigenvalue weighted by Crippen LogP contribution is 2.33. The molecule has 0 radical (unpaired) electrons. The van der Waals surface area contributed by atoms with E-state index < -0.39 is 0 Å². The maximum absolute atomic E-state index is 6.09. The third-order valence-electron chi connectivity index (χ3n) is 2.66. The van der Waals surface area contributed by atoms with Crippen LogP contribution < -0.4 is 5.73 Å². The van der Waals surface area contributed by atoms with Crippen molar-refractivity contribution in [3.8, 4) is 10.4 Å². The Hall–Kier alpha value is -0.830. The van der Waals surface area contributed by atoms with Gasteiger partial charge in [-0.1, -0.05) is 42.8 Å². The molecule has 1 atom stereocenters. The number of hydrogen-bond acceptors (Lipinski definition) is 2. The van der Waals surface area contributed by atoms with Gasteiger partial charge in [0.05, 0.1) is 9.90 Å². The van der Waals surface area contributed by atoms with Crippen LogP contribution in [0.1, 0.15) is 24.9 Å². The lowest BCUT2D eigenvalue weighted by atomic mass is 10.0. The predicted octanol–water partition coefficient (Wildman–Crippen LogP) is 4.48. The van der Waals surface area contributed by atoms with Crippen LogP contribution in [0.15, 0.2) is 35.7 Å². The molecule has 2 aromatic rings. The quantitative estimate of drug-likeness (QED) is 0.855. The minimum absolute atomic E-state index is 0.132. The maximum Gasteiger partial charge on any atom is 0.0592 e. The molecule has 16 heavy (non-hydrogen) atoms. The molecule has 1 aromatic heterocycles. The van der Waals surface area contributed by atoms with E-state index in [0.717, 1.165) is 21.9 Å². The van der Waals surface area contributed by atoms with Crippen molar-refractivity contribution in [1.82, 2.24) is 0 Å². The van der Waals surface area contributed by atoms with Gasteiger partial charge in [-0.15, -0.1) is 11.3 Å². The standard InChI is InChI=1S/C13H14ClNS/c1-2-12(15)9-3-5-10(6-4-9)13-11(14)7-8-16-13/h3-8,12H,2,15H2,1H3. The summed E-state index contributed by atoms with van der Waals surface area (Å²) in [6.45, 7) is 2.09. The molecule has 1 heterocycles. The highest BCUT2D eigenvalue weighted by molar-refractivity contribution is 7.14. The van der Waals surface area contributed by atoms with Crippen molar-refractivity contribution in [3.05, 3.63) is 46.3 Å². The first-order valence-electron chi connectivity index (χ1n) is 5.31. The van der Waals surface area contributed by atoms with Crippen molar-refractivity contribution < 1.29 is 0 Å². The Morgan fingerprint density at radius 1 is 1.25 bits per heavy atom. The smallest absolute Gasteiger partial charge is 0.0592 e. The lowest BCUT2D eigenvalue weighted by molar-refractivity contribution is 0.699. The van der Waals surface area contributed by atoms with Crippen LogP contribution in [0, 0.1) is 0 Å². The van der Waals surface area contributed by atoms with E-state index in [4.69, 9.17) is 17.3 Å². The van der Waals surface area contributed by atoms with Crippen LogP contribution in [-0.2, 0) is 0 Å². The van der Waals surface area contributed by atoms with E-state index in [-0.39, 0.29) is 6.04 Å². The molecule has 0 aliphatic heterocycles. The van der Waals surface area contributed by atoms with Crippen LogP contribution in [-0.4, -0.2) is 0 Å². The van der Waals surface area contributed by atoms with E-state index in [2.05, 4.69) is 31.2 Å². The normalized spacial score (nSPS) is 12.7. The average molecular weight is 252 g/mol. The molecule has 0 amide bonds. The lowest BCUT2D eigenvalue weighted by Gasteiger charge is -2.09. The summed E-state index contributed by atoms with van der Waals surface area (Å²) < 4.78 is 0. The Balaban J connectivity index is 2.30. The molecule has 0 saturated carbocycles. The zero-order chi connectivity index (χ0) is 11.5. The summed E-state index contributed by atoms with van der Waals surface area (Å²) in [6, 6.07) is 10.4. The van der Waals surface area contributed by atoms with E-state index in [1.807, 2.05) is 11.4 Å². The maximum atomic E-state index is 6.09. The highest BCUT2D eigenvalue weighted by atomic mass is 35.5. The van der Waals surface area contributed by atoms with Gasteiger partial charge in [-0.05, 0) is 29.0 Å². The number of halogens is 1. The largest absolute Gasteiger partial charge is 0.324 e. The molecule has 1 unspecified atom stereocenters. The number of nitrogens with two attached hydrogens (primary N) is 1. The number of rotatable bonds is 3. The summed E-state index contributed by atoms with van der Waals surface area (Å²) in [7, 11) is 0. The minimum Gasteiger partial charge on any atom is -0.324 e. The SMILES string of the molecule is CCC(N)c1ccc(-c2sccc2Cl)cc1. The average Bonchev–Trinajstić information content (AvgIpc) is 2.75. The zero-order valence-corrected chi connectivity index (χ0v) is 10.7. The second kappa shape index (κ2) is 5.00. The van der Waals surface area contributed by atoms with Crippen LogP contribution >= 0.6 is 22.9 Å². The first kappa shape index (κ1) is 11.6. The fraction of sp³-hybridized carbons (Fsp3) is 0.231. The summed E-state index contributed by atoms with van der Waals surface area (Å²) in [5.74, 6) is 0. The van der Waals surface area contributed by atoms with Gasteiger partial charge in [-0.25, -0.2) is 0 Å². The Morgan fingerprint density at radius 2 is 1.94 bits per heavy atom. The van der Waals surface area contributed by atoms with Gasteiger partial charge < -0.3 is 5.73 Å². The van der Waals surface area contributed by atoms with Crippen LogP contribution in [0.3, 0.4) is 0 Å². The van der Waals surface area contributed by atoms with E-state index in [9.17, 15) is 0 Å². The van der Waals surface area contributed by atoms with Crippen molar-refractivity contribution in [3.63, 3.8) is 0 Å². The molecule has 0 spiro atoms. The first-order chi connectivity index (χ1) is 7.72. The van der Waals surface area contributed by atoms with E-state index >= 15 is 0 Å². The predicted molar refractivity (Wildman–Crippen MR) is 72.0 cm³/mol. The van der Waals surface area contributed by atoms with E-state index in [1.165, 1.54) is 5.56 Å². The molecule has 2 rings (SSSR count). The number of thiophene rings is 1. The molecule has 0 aliphatic carbocycles. The summed E-state index contributed by atoms with van der Waals surface area (Å²) in [4.78, 5) is 1.12. The van der Waals surface area contributed by atoms with Gasteiger partial charge in [0, 0.05) is 6.04 Å². The molecular formula is C13H14ClNS. The topological polar surface area (TPSA) is 26.0 Å². The van der Waals surface area contributed by atoms with Crippen LogP contribution in [0.4, 0.5) is 0 Å². The molecule has 0 bridgehead atoms. The third-order valence-corrected chi connectivity index (χ3v) is 4.05. The Labute approximate surface area is 105 Å². The molecular weight excluding hydrogens is 238 g/mol. The van der Waals surface area contributed by atoms with E-state index in [1.54, 1.807) is 11.3 Å². The Kier molecular flexibility index (Phi) is 3.64. The monoisotopic (exact) mass is 251 g/mol. The summed E-state index contributed by atoms with van der Waals surface area (Å²) >= 11 is 7.75. The van der Waals surface area contributed by atoms with Gasteiger partial charge in [-0.2, -0.15) is 0 Å². The minimum atomic E-state index is 0.132. The lowest BCUT2D eigenvalue weighted by Crippen LogP contribution is -2.07. The molecule has 0 fully saturated rings. The van der Waals surface area contributed by atoms with Crippen LogP contribution in [0.5, 0.6) is 0 Å². The van der Waals surface area contributed by atoms with Crippen molar-refractivity contribution >= 4 is 22.9 Å². The van der Waals surface area contributed by atoms with E-state index in [0.29, 0.717) is 0 Å². The van der Waals surface area contributed by atoms with Gasteiger partial charge in [0.25, 0.3) is 0 Å². The summed E-state index contributed by atoms with van der Waals surface area (Å²) in [5.41, 5.74) is 8.31. The second-order valence-electron chi connectivity index (χ2n) is 3.73. The van der Waals surface area contributed by atoms with Gasteiger partial charge in [0.15, 0.2) is 0 Å². The second-order valence-corrected chi connectivity index (χ2v) is 5.06. The third kappa shape index (κ3) is 2.29. The summed E-state index contributed by atoms with van der Waals surface area (Å²) in [6.07, 6.45) is 0.957. The number of hydrogen-bond donors (Lipinski definition) is 1. The fourth-order valence-electron chi connectivity index (χ4n) is 1.62. The fourth-order valence-corrected chi connectivity index (χ4v) is 2.79. The van der Waals surface area contributed by atoms with Crippen LogP contribution in [0.2, 0.25) is 5.02 Å². The van der Waals surface area contributed by atoms with Gasteiger partial charge in [-0.3, -0.25) is 0 Å². The highest BCUT2D eigenvalue weighted by Gasteiger charge is 2.06. The van der Waals surface area contributed by atoms with Gasteiger partial charge in [0.1, 0.15) is 0 Å². The van der Waals surface area contributed by atoms with Crippen molar-refractivity contribution in [1.29, 1.82) is 0 Å². The summed E-state index contributed by atoms with van der Waals surface area (Å²) in [5, 5.41) is 2.82. The van der Waals surface area contributed by atoms with Crippen molar-refractivity contribution in [2.24, 2.45) is 5.73 Å². The molecule has 0 saturated heterocycles. The molecule has 1 nitrogen and oxygen atoms in total. The Bertz CT molecular complexity index is 461. The Morgan fingerprint density at radius 3 is 2.44 bits per heavy atom. The van der Waals surface area contributed by atoms with Crippen LogP contribution in [0.25, 0.3) is 10.4 Å². The van der Waals surface area contributed by atoms with Crippen molar-refractivity contribution in [2.75, 3.05) is 0 Å².